The number of hydrogen-bond donors (Lipinski definition) is 0. The second-order valence-electron chi connectivity index (χ2n) is 10.3. The fourth-order valence-corrected chi connectivity index (χ4v) is 6.25. The fourth-order valence-electron chi connectivity index (χ4n) is 6.25. The summed E-state index contributed by atoms with van der Waals surface area (Å²) in [6, 6.07) is 11.5. The molecule has 0 aromatic heterocycles. The number of hydrogen-bond acceptors (Lipinski definition) is 5. The third-order valence-corrected chi connectivity index (χ3v) is 8.19. The first kappa shape index (κ1) is 22.1. The minimum Gasteiger partial charge on any atom is -0.486 e. The predicted molar refractivity (Wildman–Crippen MR) is 128 cm³/mol. The first-order valence-corrected chi connectivity index (χ1v) is 12.6. The van der Waals surface area contributed by atoms with Gasteiger partial charge >= 0.3 is 0 Å². The van der Waals surface area contributed by atoms with Crippen LogP contribution in [-0.4, -0.2) is 47.3 Å². The van der Waals surface area contributed by atoms with Crippen LogP contribution in [-0.2, 0) is 21.5 Å². The van der Waals surface area contributed by atoms with Crippen LogP contribution in [0.1, 0.15) is 78.5 Å². The number of imide groups is 1. The summed E-state index contributed by atoms with van der Waals surface area (Å²) in [4.78, 5) is 41.0. The molecule has 3 amide bonds. The van der Waals surface area contributed by atoms with Crippen LogP contribution in [0.5, 0.6) is 11.5 Å². The van der Waals surface area contributed by atoms with Gasteiger partial charge in [0.1, 0.15) is 13.2 Å². The van der Waals surface area contributed by atoms with Crippen LogP contribution < -0.4 is 9.47 Å². The summed E-state index contributed by atoms with van der Waals surface area (Å²) in [5.74, 6) is 1.33. The summed E-state index contributed by atoms with van der Waals surface area (Å²) in [6.07, 6.45) is 5.01. The van der Waals surface area contributed by atoms with E-state index in [-0.39, 0.29) is 48.6 Å². The molecule has 2 aromatic carbocycles. The van der Waals surface area contributed by atoms with Gasteiger partial charge in [0.2, 0.25) is 11.8 Å². The highest BCUT2D eigenvalue weighted by Gasteiger charge is 2.46. The first-order chi connectivity index (χ1) is 16.9. The zero-order valence-corrected chi connectivity index (χ0v) is 20.0. The highest BCUT2D eigenvalue weighted by Crippen LogP contribution is 2.52. The molecule has 2 aromatic rings. The van der Waals surface area contributed by atoms with E-state index in [0.717, 1.165) is 48.3 Å². The largest absolute Gasteiger partial charge is 0.486 e. The van der Waals surface area contributed by atoms with E-state index in [4.69, 9.17) is 9.47 Å². The molecule has 1 spiro atoms. The molecule has 182 valence electrons. The SMILES string of the molecule is CC1c2cc3c(cc2C2(CCCC2)CN1C(=O)c1ccc(CN2C(=O)CCC2=O)cc1)OCCO3. The monoisotopic (exact) mass is 474 g/mol. The average Bonchev–Trinajstić information content (AvgIpc) is 3.48. The Hall–Kier alpha value is -3.35. The fraction of sp³-hybridized carbons (Fsp3) is 0.464. The molecule has 1 saturated carbocycles. The molecular formula is C28H30N2O5. The molecule has 1 aliphatic carbocycles. The number of nitrogens with zero attached hydrogens (tertiary/aromatic N) is 2. The smallest absolute Gasteiger partial charge is 0.254 e. The lowest BCUT2D eigenvalue weighted by molar-refractivity contribution is -0.139. The minimum atomic E-state index is -0.130. The Morgan fingerprint density at radius 3 is 2.26 bits per heavy atom. The summed E-state index contributed by atoms with van der Waals surface area (Å²) in [7, 11) is 0. The number of likely N-dealkylation sites (tertiary alicyclic amines) is 1. The zero-order chi connectivity index (χ0) is 24.2. The lowest BCUT2D eigenvalue weighted by Crippen LogP contribution is -2.48. The van der Waals surface area contributed by atoms with E-state index >= 15 is 0 Å². The molecule has 2 fully saturated rings. The topological polar surface area (TPSA) is 76.2 Å². The van der Waals surface area contributed by atoms with Crippen molar-refractivity contribution in [1.82, 2.24) is 9.80 Å². The number of rotatable bonds is 3. The standard InChI is InChI=1S/C28H30N2O5/c1-18-21-14-23-24(35-13-12-34-23)15-22(21)28(10-2-3-11-28)17-30(18)27(33)20-6-4-19(5-7-20)16-29-25(31)8-9-26(29)32/h4-7,14-15,18H,2-3,8-13,16-17H2,1H3. The van der Waals surface area contributed by atoms with Crippen LogP contribution in [0.3, 0.4) is 0 Å². The molecule has 1 saturated heterocycles. The molecule has 1 unspecified atom stereocenters. The summed E-state index contributed by atoms with van der Waals surface area (Å²) in [6.45, 7) is 4.14. The van der Waals surface area contributed by atoms with E-state index in [2.05, 4.69) is 19.1 Å². The number of ether oxygens (including phenoxy) is 2. The average molecular weight is 475 g/mol. The number of amides is 3. The van der Waals surface area contributed by atoms with Gasteiger partial charge in [0, 0.05) is 30.4 Å². The lowest BCUT2D eigenvalue weighted by atomic mass is 9.71. The van der Waals surface area contributed by atoms with Gasteiger partial charge in [0.05, 0.1) is 12.6 Å². The van der Waals surface area contributed by atoms with E-state index in [0.29, 0.717) is 25.3 Å². The Bertz CT molecular complexity index is 1180. The Morgan fingerprint density at radius 2 is 1.60 bits per heavy atom. The van der Waals surface area contributed by atoms with Gasteiger partial charge in [-0.25, -0.2) is 0 Å². The number of carbonyl (C=O) groups is 3. The van der Waals surface area contributed by atoms with Crippen molar-refractivity contribution < 1.29 is 23.9 Å². The molecule has 4 aliphatic rings. The maximum absolute atomic E-state index is 13.8. The van der Waals surface area contributed by atoms with Gasteiger partial charge in [-0.15, -0.1) is 0 Å². The van der Waals surface area contributed by atoms with E-state index < -0.39 is 0 Å². The summed E-state index contributed by atoms with van der Waals surface area (Å²) in [5.41, 5.74) is 3.88. The molecule has 3 aliphatic heterocycles. The first-order valence-electron chi connectivity index (χ1n) is 12.6. The van der Waals surface area contributed by atoms with Crippen molar-refractivity contribution in [1.29, 1.82) is 0 Å². The maximum Gasteiger partial charge on any atom is 0.254 e. The van der Waals surface area contributed by atoms with Crippen molar-refractivity contribution in [2.24, 2.45) is 0 Å². The number of carbonyl (C=O) groups excluding carboxylic acids is 3. The molecule has 7 nitrogen and oxygen atoms in total. The highest BCUT2D eigenvalue weighted by molar-refractivity contribution is 6.01. The van der Waals surface area contributed by atoms with Crippen molar-refractivity contribution in [3.05, 3.63) is 58.7 Å². The Labute approximate surface area is 205 Å². The van der Waals surface area contributed by atoms with Gasteiger partial charge in [-0.1, -0.05) is 25.0 Å². The van der Waals surface area contributed by atoms with Crippen molar-refractivity contribution in [3.8, 4) is 11.5 Å². The van der Waals surface area contributed by atoms with Crippen LogP contribution in [0.15, 0.2) is 36.4 Å². The van der Waals surface area contributed by atoms with E-state index in [1.165, 1.54) is 10.5 Å². The van der Waals surface area contributed by atoms with Gasteiger partial charge in [0.25, 0.3) is 5.91 Å². The molecule has 6 rings (SSSR count). The lowest BCUT2D eigenvalue weighted by Gasteiger charge is -2.46. The molecule has 7 heteroatoms. The van der Waals surface area contributed by atoms with Crippen LogP contribution in [0.2, 0.25) is 0 Å². The predicted octanol–water partition coefficient (Wildman–Crippen LogP) is 4.14. The molecule has 0 N–H and O–H groups in total. The quantitative estimate of drug-likeness (QED) is 0.625. The minimum absolute atomic E-state index is 0.00388. The van der Waals surface area contributed by atoms with Crippen LogP contribution in [0, 0.1) is 0 Å². The molecular weight excluding hydrogens is 444 g/mol. The van der Waals surface area contributed by atoms with Gasteiger partial charge < -0.3 is 14.4 Å². The van der Waals surface area contributed by atoms with Gasteiger partial charge in [-0.2, -0.15) is 0 Å². The van der Waals surface area contributed by atoms with E-state index in [9.17, 15) is 14.4 Å². The molecule has 35 heavy (non-hydrogen) atoms. The normalized spacial score (nSPS) is 22.6. The van der Waals surface area contributed by atoms with Crippen molar-refractivity contribution in [2.45, 2.75) is 63.5 Å². The molecule has 0 bridgehead atoms. The summed E-state index contributed by atoms with van der Waals surface area (Å²) in [5, 5.41) is 0. The van der Waals surface area contributed by atoms with Crippen molar-refractivity contribution >= 4 is 17.7 Å². The second-order valence-corrected chi connectivity index (χ2v) is 10.3. The molecule has 1 atom stereocenters. The van der Waals surface area contributed by atoms with Gasteiger partial charge in [-0.3, -0.25) is 19.3 Å². The van der Waals surface area contributed by atoms with Gasteiger partial charge in [-0.05, 0) is 60.7 Å². The summed E-state index contributed by atoms with van der Waals surface area (Å²) < 4.78 is 11.8. The number of benzene rings is 2. The van der Waals surface area contributed by atoms with Gasteiger partial charge in [0.15, 0.2) is 11.5 Å². The van der Waals surface area contributed by atoms with Crippen LogP contribution in [0.4, 0.5) is 0 Å². The highest BCUT2D eigenvalue weighted by atomic mass is 16.6. The Kier molecular flexibility index (Phi) is 5.31. The number of fused-ring (bicyclic) bond motifs is 3. The van der Waals surface area contributed by atoms with Crippen molar-refractivity contribution in [2.75, 3.05) is 19.8 Å². The van der Waals surface area contributed by atoms with Crippen molar-refractivity contribution in [3.63, 3.8) is 0 Å². The second kappa shape index (κ2) is 8.40. The third-order valence-electron chi connectivity index (χ3n) is 8.19. The Morgan fingerprint density at radius 1 is 0.971 bits per heavy atom. The van der Waals surface area contributed by atoms with Crippen LogP contribution in [0.25, 0.3) is 0 Å². The Balaban J connectivity index is 1.29. The molecule has 3 heterocycles. The maximum atomic E-state index is 13.8. The van der Waals surface area contributed by atoms with E-state index in [1.54, 1.807) is 0 Å². The zero-order valence-electron chi connectivity index (χ0n) is 20.0. The summed E-state index contributed by atoms with van der Waals surface area (Å²) >= 11 is 0. The van der Waals surface area contributed by atoms with E-state index in [1.807, 2.05) is 29.2 Å². The molecule has 0 radical (unpaired) electrons. The third kappa shape index (κ3) is 3.68. The van der Waals surface area contributed by atoms with Crippen LogP contribution >= 0.6 is 0 Å².